The zero-order valence-corrected chi connectivity index (χ0v) is 10.8. The summed E-state index contributed by atoms with van der Waals surface area (Å²) in [6.45, 7) is 0.171. The van der Waals surface area contributed by atoms with Gasteiger partial charge in [0.1, 0.15) is 11.8 Å². The molecule has 5 N–H and O–H groups in total. The number of aliphatic hydroxyl groups excluding tert-OH is 1. The maximum atomic E-state index is 9.19. The van der Waals surface area contributed by atoms with E-state index in [0.29, 0.717) is 5.82 Å². The average Bonchev–Trinajstić information content (AvgIpc) is 3.03. The molecule has 0 amide bonds. The summed E-state index contributed by atoms with van der Waals surface area (Å²) in [5.41, 5.74) is 2.84. The van der Waals surface area contributed by atoms with Gasteiger partial charge in [-0.1, -0.05) is 0 Å². The minimum atomic E-state index is 0.171. The van der Waals surface area contributed by atoms with E-state index in [0.717, 1.165) is 29.4 Å². The summed E-state index contributed by atoms with van der Waals surface area (Å²) >= 11 is 0. The summed E-state index contributed by atoms with van der Waals surface area (Å²) in [5.74, 6) is 6.43. The van der Waals surface area contributed by atoms with E-state index in [9.17, 15) is 5.11 Å². The minimum absolute atomic E-state index is 0.171. The molecule has 1 aliphatic heterocycles. The molecule has 1 aliphatic rings. The molecule has 0 aliphatic carbocycles. The lowest BCUT2D eigenvalue weighted by Gasteiger charge is -2.13. The number of H-pyrrole nitrogens is 1. The van der Waals surface area contributed by atoms with Gasteiger partial charge < -0.3 is 15.4 Å². The van der Waals surface area contributed by atoms with Crippen LogP contribution in [0.25, 0.3) is 11.0 Å². The summed E-state index contributed by atoms with van der Waals surface area (Å²) in [6, 6.07) is 0.394. The molecule has 7 nitrogen and oxygen atoms in total. The van der Waals surface area contributed by atoms with Gasteiger partial charge in [0.2, 0.25) is 0 Å². The van der Waals surface area contributed by atoms with E-state index in [1.165, 1.54) is 11.3 Å². The number of anilines is 1. The van der Waals surface area contributed by atoms with Crippen molar-refractivity contribution in [3.63, 3.8) is 0 Å². The molecule has 1 fully saturated rings. The fraction of sp³-hybridized carbons (Fsp3) is 0.500. The van der Waals surface area contributed by atoms with E-state index in [2.05, 4.69) is 20.3 Å². The normalized spacial score (nSPS) is 23.1. The lowest BCUT2D eigenvalue weighted by molar-refractivity contribution is 0.252. The van der Waals surface area contributed by atoms with Crippen LogP contribution in [0.4, 0.5) is 5.82 Å². The van der Waals surface area contributed by atoms with Gasteiger partial charge in [0.15, 0.2) is 5.82 Å². The first kappa shape index (κ1) is 12.3. The van der Waals surface area contributed by atoms with Crippen LogP contribution in [0.15, 0.2) is 12.5 Å². The third-order valence-electron chi connectivity index (χ3n) is 3.64. The number of hydrazine groups is 1. The summed E-state index contributed by atoms with van der Waals surface area (Å²) in [4.78, 5) is 11.7. The Hall–Kier alpha value is -1.70. The third-order valence-corrected chi connectivity index (χ3v) is 3.64. The zero-order valence-electron chi connectivity index (χ0n) is 10.8. The maximum absolute atomic E-state index is 9.19. The number of nitrogens with zero attached hydrogens (tertiary/aromatic N) is 3. The molecule has 0 aromatic carbocycles. The van der Waals surface area contributed by atoms with Gasteiger partial charge in [-0.15, -0.1) is 0 Å². The Balaban J connectivity index is 2.00. The van der Waals surface area contributed by atoms with Crippen molar-refractivity contribution in [2.24, 2.45) is 5.84 Å². The average molecular weight is 262 g/mol. The van der Waals surface area contributed by atoms with Gasteiger partial charge in [0.05, 0.1) is 12.1 Å². The molecule has 0 saturated carbocycles. The van der Waals surface area contributed by atoms with Crippen LogP contribution in [0.2, 0.25) is 0 Å². The Morgan fingerprint density at radius 2 is 2.32 bits per heavy atom. The molecule has 2 aromatic heterocycles. The lowest BCUT2D eigenvalue weighted by atomic mass is 10.1. The van der Waals surface area contributed by atoms with Gasteiger partial charge in [-0.05, 0) is 12.8 Å². The van der Waals surface area contributed by atoms with Crippen LogP contribution in [-0.2, 0) is 0 Å². The second-order valence-corrected chi connectivity index (χ2v) is 4.95. The number of rotatable bonds is 3. The number of aromatic nitrogens is 3. The molecule has 3 heterocycles. The molecule has 102 valence electrons. The standard InChI is InChI=1S/C12H18N6O/c1-18(13)12-11-10(15-6-16-12)8(4-14-11)9-3-2-7(5-19)17-9/h4,6-7,9,14,17,19H,2-3,5,13H2,1H3/t7-,9+/m0/s1. The zero-order chi connectivity index (χ0) is 13.4. The molecule has 0 unspecified atom stereocenters. The van der Waals surface area contributed by atoms with Crippen molar-refractivity contribution in [2.75, 3.05) is 18.7 Å². The molecule has 0 bridgehead atoms. The van der Waals surface area contributed by atoms with Crippen molar-refractivity contribution in [3.8, 4) is 0 Å². The van der Waals surface area contributed by atoms with Gasteiger partial charge in [0, 0.05) is 30.9 Å². The Labute approximate surface area is 110 Å². The molecular weight excluding hydrogens is 244 g/mol. The number of aromatic amines is 1. The second kappa shape index (κ2) is 4.76. The molecule has 19 heavy (non-hydrogen) atoms. The minimum Gasteiger partial charge on any atom is -0.395 e. The van der Waals surface area contributed by atoms with Crippen molar-refractivity contribution >= 4 is 16.9 Å². The molecular formula is C12H18N6O. The van der Waals surface area contributed by atoms with E-state index < -0.39 is 0 Å². The highest BCUT2D eigenvalue weighted by Crippen LogP contribution is 2.32. The third kappa shape index (κ3) is 2.05. The predicted molar refractivity (Wildman–Crippen MR) is 72.5 cm³/mol. The number of hydrogen-bond acceptors (Lipinski definition) is 6. The SMILES string of the molecule is CN(N)c1ncnc2c([C@H]3CC[C@@H](CO)N3)c[nH]c12. The summed E-state index contributed by atoms with van der Waals surface area (Å²) in [6.07, 6.45) is 5.44. The first-order valence-corrected chi connectivity index (χ1v) is 6.38. The number of aliphatic hydroxyl groups is 1. The number of nitrogens with one attached hydrogen (secondary N) is 2. The summed E-state index contributed by atoms with van der Waals surface area (Å²) in [7, 11) is 1.75. The largest absolute Gasteiger partial charge is 0.395 e. The highest BCUT2D eigenvalue weighted by atomic mass is 16.3. The predicted octanol–water partition coefficient (Wildman–Crippen LogP) is 0.0532. The van der Waals surface area contributed by atoms with Crippen LogP contribution < -0.4 is 16.2 Å². The monoisotopic (exact) mass is 262 g/mol. The molecule has 2 aromatic rings. The van der Waals surface area contributed by atoms with Crippen molar-refractivity contribution in [1.82, 2.24) is 20.3 Å². The molecule has 3 rings (SSSR count). The van der Waals surface area contributed by atoms with Crippen molar-refractivity contribution in [3.05, 3.63) is 18.1 Å². The van der Waals surface area contributed by atoms with Crippen LogP contribution in [0.3, 0.4) is 0 Å². The topological polar surface area (TPSA) is 103 Å². The van der Waals surface area contributed by atoms with Crippen LogP contribution in [-0.4, -0.2) is 39.8 Å². The highest BCUT2D eigenvalue weighted by Gasteiger charge is 2.27. The van der Waals surface area contributed by atoms with Crippen molar-refractivity contribution < 1.29 is 5.11 Å². The van der Waals surface area contributed by atoms with E-state index >= 15 is 0 Å². The lowest BCUT2D eigenvalue weighted by Crippen LogP contribution is -2.27. The number of hydrogen-bond donors (Lipinski definition) is 4. The quantitative estimate of drug-likeness (QED) is 0.460. The fourth-order valence-electron chi connectivity index (χ4n) is 2.69. The van der Waals surface area contributed by atoms with E-state index in [-0.39, 0.29) is 18.7 Å². The molecule has 0 radical (unpaired) electrons. The highest BCUT2D eigenvalue weighted by molar-refractivity contribution is 5.88. The number of nitrogens with two attached hydrogens (primary N) is 1. The van der Waals surface area contributed by atoms with Crippen LogP contribution >= 0.6 is 0 Å². The van der Waals surface area contributed by atoms with Crippen molar-refractivity contribution in [1.29, 1.82) is 0 Å². The fourth-order valence-corrected chi connectivity index (χ4v) is 2.69. The summed E-state index contributed by atoms with van der Waals surface area (Å²) < 4.78 is 0. The van der Waals surface area contributed by atoms with E-state index in [4.69, 9.17) is 5.84 Å². The van der Waals surface area contributed by atoms with E-state index in [1.807, 2.05) is 6.20 Å². The molecule has 1 saturated heterocycles. The first-order valence-electron chi connectivity index (χ1n) is 6.38. The van der Waals surface area contributed by atoms with Gasteiger partial charge in [-0.2, -0.15) is 0 Å². The van der Waals surface area contributed by atoms with Gasteiger partial charge in [-0.3, -0.25) is 5.01 Å². The first-order chi connectivity index (χ1) is 9.20. The van der Waals surface area contributed by atoms with Gasteiger partial charge >= 0.3 is 0 Å². The van der Waals surface area contributed by atoms with Crippen LogP contribution in [0.1, 0.15) is 24.4 Å². The van der Waals surface area contributed by atoms with Crippen LogP contribution in [0, 0.1) is 0 Å². The van der Waals surface area contributed by atoms with Gasteiger partial charge in [-0.25, -0.2) is 15.8 Å². The Bertz CT molecular complexity index is 581. The van der Waals surface area contributed by atoms with Gasteiger partial charge in [0.25, 0.3) is 0 Å². The Kier molecular flexibility index (Phi) is 3.09. The Morgan fingerprint density at radius 3 is 3.00 bits per heavy atom. The maximum Gasteiger partial charge on any atom is 0.170 e. The van der Waals surface area contributed by atoms with Crippen LogP contribution in [0.5, 0.6) is 0 Å². The van der Waals surface area contributed by atoms with Crippen molar-refractivity contribution in [2.45, 2.75) is 24.9 Å². The second-order valence-electron chi connectivity index (χ2n) is 4.95. The molecule has 0 spiro atoms. The number of fused-ring (bicyclic) bond motifs is 1. The summed E-state index contributed by atoms with van der Waals surface area (Å²) in [5, 5.41) is 14.1. The smallest absolute Gasteiger partial charge is 0.170 e. The molecule has 2 atom stereocenters. The van der Waals surface area contributed by atoms with E-state index in [1.54, 1.807) is 7.05 Å². The Morgan fingerprint density at radius 1 is 1.47 bits per heavy atom. The molecule has 7 heteroatoms.